The number of carbonyl (C=O) groups excluding carboxylic acids is 3. The van der Waals surface area contributed by atoms with Crippen LogP contribution in [0.5, 0.6) is 0 Å². The molecule has 0 aliphatic carbocycles. The van der Waals surface area contributed by atoms with Crippen LogP contribution in [0.3, 0.4) is 0 Å². The van der Waals surface area contributed by atoms with Crippen LogP contribution in [-0.4, -0.2) is 72.3 Å². The van der Waals surface area contributed by atoms with E-state index in [1.165, 1.54) is 0 Å². The smallest absolute Gasteiger partial charge is 0.224 e. The minimum Gasteiger partial charge on any atom is -0.356 e. The molecule has 0 bridgehead atoms. The fourth-order valence-electron chi connectivity index (χ4n) is 3.31. The number of nitrogens with one attached hydrogen (secondary N) is 1. The van der Waals surface area contributed by atoms with Gasteiger partial charge < -0.3 is 15.1 Å². The van der Waals surface area contributed by atoms with Gasteiger partial charge in [-0.25, -0.2) is 0 Å². The van der Waals surface area contributed by atoms with Crippen molar-refractivity contribution in [1.82, 2.24) is 15.1 Å². The van der Waals surface area contributed by atoms with Gasteiger partial charge in [0.2, 0.25) is 17.7 Å². The second kappa shape index (κ2) is 9.91. The molecule has 2 aliphatic heterocycles. The zero-order valence-electron chi connectivity index (χ0n) is 14.6. The van der Waals surface area contributed by atoms with E-state index in [-0.39, 0.29) is 23.6 Å². The molecule has 136 valence electrons. The highest BCUT2D eigenvalue weighted by atomic mass is 32.2. The number of hydrogen-bond donors (Lipinski definition) is 1. The van der Waals surface area contributed by atoms with Gasteiger partial charge in [-0.05, 0) is 37.7 Å². The third-order valence-corrected chi connectivity index (χ3v) is 5.42. The summed E-state index contributed by atoms with van der Waals surface area (Å²) < 4.78 is 0. The Morgan fingerprint density at radius 2 is 1.92 bits per heavy atom. The maximum atomic E-state index is 12.2. The predicted molar refractivity (Wildman–Crippen MR) is 95.7 cm³/mol. The molecule has 0 aromatic rings. The maximum absolute atomic E-state index is 12.2. The lowest BCUT2D eigenvalue weighted by Crippen LogP contribution is -2.46. The number of amides is 3. The number of hydrogen-bond acceptors (Lipinski definition) is 4. The van der Waals surface area contributed by atoms with Crippen LogP contribution in [0, 0.1) is 5.92 Å². The summed E-state index contributed by atoms with van der Waals surface area (Å²) in [4.78, 5) is 39.6. The fourth-order valence-corrected chi connectivity index (χ4v) is 3.74. The molecule has 0 spiro atoms. The van der Waals surface area contributed by atoms with Crippen LogP contribution in [0.25, 0.3) is 0 Å². The molecule has 2 aliphatic rings. The van der Waals surface area contributed by atoms with Crippen LogP contribution >= 0.6 is 11.8 Å². The lowest BCUT2D eigenvalue weighted by atomic mass is 9.96. The normalized spacial score (nSPS) is 21.5. The number of likely N-dealkylation sites (tertiary alicyclic amines) is 2. The Morgan fingerprint density at radius 1 is 1.17 bits per heavy atom. The van der Waals surface area contributed by atoms with E-state index in [9.17, 15) is 14.4 Å². The molecular formula is C17H29N3O3S. The second-order valence-electron chi connectivity index (χ2n) is 6.55. The first kappa shape index (κ1) is 19.1. The van der Waals surface area contributed by atoms with Crippen molar-refractivity contribution in [3.05, 3.63) is 0 Å². The summed E-state index contributed by atoms with van der Waals surface area (Å²) >= 11 is 1.78. The Labute approximate surface area is 148 Å². The van der Waals surface area contributed by atoms with Crippen LogP contribution in [0.1, 0.15) is 38.5 Å². The molecule has 6 nitrogen and oxygen atoms in total. The van der Waals surface area contributed by atoms with Gasteiger partial charge in [0.25, 0.3) is 0 Å². The van der Waals surface area contributed by atoms with Crippen LogP contribution in [0.2, 0.25) is 0 Å². The van der Waals surface area contributed by atoms with E-state index in [4.69, 9.17) is 0 Å². The molecule has 2 saturated heterocycles. The summed E-state index contributed by atoms with van der Waals surface area (Å²) in [5.74, 6) is 1.38. The van der Waals surface area contributed by atoms with E-state index in [1.807, 2.05) is 4.90 Å². The number of piperidine rings is 1. The van der Waals surface area contributed by atoms with Gasteiger partial charge in [-0.15, -0.1) is 0 Å². The van der Waals surface area contributed by atoms with E-state index in [0.717, 1.165) is 31.6 Å². The summed E-state index contributed by atoms with van der Waals surface area (Å²) in [6.07, 6.45) is 6.52. The number of thioether (sulfide) groups is 1. The molecule has 2 fully saturated rings. The first-order valence-electron chi connectivity index (χ1n) is 8.94. The van der Waals surface area contributed by atoms with Gasteiger partial charge in [-0.2, -0.15) is 11.8 Å². The van der Waals surface area contributed by atoms with Crippen molar-refractivity contribution < 1.29 is 14.4 Å². The van der Waals surface area contributed by atoms with Gasteiger partial charge in [0.05, 0.1) is 5.92 Å². The predicted octanol–water partition coefficient (Wildman–Crippen LogP) is 1.11. The monoisotopic (exact) mass is 355 g/mol. The third-order valence-electron chi connectivity index (χ3n) is 4.72. The second-order valence-corrected chi connectivity index (χ2v) is 7.54. The molecule has 3 amide bonds. The van der Waals surface area contributed by atoms with Gasteiger partial charge in [-0.1, -0.05) is 0 Å². The van der Waals surface area contributed by atoms with Crippen molar-refractivity contribution in [2.24, 2.45) is 5.92 Å². The van der Waals surface area contributed by atoms with Crippen molar-refractivity contribution in [2.45, 2.75) is 38.5 Å². The average molecular weight is 356 g/mol. The van der Waals surface area contributed by atoms with Crippen molar-refractivity contribution in [2.75, 3.05) is 44.7 Å². The van der Waals surface area contributed by atoms with Gasteiger partial charge in [-0.3, -0.25) is 14.4 Å². The first-order valence-corrected chi connectivity index (χ1v) is 10.3. The number of carbonyl (C=O) groups is 3. The van der Waals surface area contributed by atoms with Crippen LogP contribution in [0.15, 0.2) is 0 Å². The zero-order chi connectivity index (χ0) is 17.4. The van der Waals surface area contributed by atoms with Gasteiger partial charge >= 0.3 is 0 Å². The number of nitrogens with zero attached hydrogens (tertiary/aromatic N) is 2. The van der Waals surface area contributed by atoms with Crippen molar-refractivity contribution in [1.29, 1.82) is 0 Å². The minimum absolute atomic E-state index is 0.0725. The Hall–Kier alpha value is -1.24. The van der Waals surface area contributed by atoms with E-state index < -0.39 is 0 Å². The molecule has 24 heavy (non-hydrogen) atoms. The molecule has 0 saturated carbocycles. The average Bonchev–Trinajstić information content (AvgIpc) is 2.98. The molecule has 0 unspecified atom stereocenters. The topological polar surface area (TPSA) is 69.7 Å². The Kier molecular flexibility index (Phi) is 7.88. The maximum Gasteiger partial charge on any atom is 0.224 e. The molecule has 7 heteroatoms. The van der Waals surface area contributed by atoms with E-state index >= 15 is 0 Å². The van der Waals surface area contributed by atoms with E-state index in [1.54, 1.807) is 16.7 Å². The summed E-state index contributed by atoms with van der Waals surface area (Å²) in [7, 11) is 0. The van der Waals surface area contributed by atoms with Crippen molar-refractivity contribution in [3.63, 3.8) is 0 Å². The first-order chi connectivity index (χ1) is 11.6. The molecule has 2 heterocycles. The van der Waals surface area contributed by atoms with Crippen LogP contribution in [0.4, 0.5) is 0 Å². The minimum atomic E-state index is -0.0922. The molecule has 0 aromatic heterocycles. The van der Waals surface area contributed by atoms with Crippen molar-refractivity contribution in [3.8, 4) is 0 Å². The Morgan fingerprint density at radius 3 is 2.62 bits per heavy atom. The fraction of sp³-hybridized carbons (Fsp3) is 0.824. The van der Waals surface area contributed by atoms with Crippen LogP contribution in [-0.2, 0) is 14.4 Å². The SMILES string of the molecule is CSCCCNC(=O)[C@@H]1CCC(=O)N(CCCN2CCCC2=O)C1. The van der Waals surface area contributed by atoms with Gasteiger partial charge in [0.1, 0.15) is 0 Å². The molecule has 2 rings (SSSR count). The Bertz CT molecular complexity index is 458. The zero-order valence-corrected chi connectivity index (χ0v) is 15.4. The van der Waals surface area contributed by atoms with E-state index in [0.29, 0.717) is 45.4 Å². The molecule has 1 N–H and O–H groups in total. The van der Waals surface area contributed by atoms with Gasteiger partial charge in [0, 0.05) is 45.6 Å². The third kappa shape index (κ3) is 5.69. The van der Waals surface area contributed by atoms with Crippen LogP contribution < -0.4 is 5.32 Å². The van der Waals surface area contributed by atoms with Gasteiger partial charge in [0.15, 0.2) is 0 Å². The lowest BCUT2D eigenvalue weighted by Gasteiger charge is -2.32. The van der Waals surface area contributed by atoms with E-state index in [2.05, 4.69) is 11.6 Å². The molecule has 0 radical (unpaired) electrons. The molecule has 1 atom stereocenters. The Balaban J connectivity index is 1.70. The summed E-state index contributed by atoms with van der Waals surface area (Å²) in [6.45, 7) is 3.42. The highest BCUT2D eigenvalue weighted by Gasteiger charge is 2.30. The highest BCUT2D eigenvalue weighted by Crippen LogP contribution is 2.18. The number of rotatable bonds is 9. The lowest BCUT2D eigenvalue weighted by molar-refractivity contribution is -0.138. The van der Waals surface area contributed by atoms with Crippen molar-refractivity contribution >= 4 is 29.5 Å². The quantitative estimate of drug-likeness (QED) is 0.629. The summed E-state index contributed by atoms with van der Waals surface area (Å²) in [5.41, 5.74) is 0. The molecule has 0 aromatic carbocycles. The summed E-state index contributed by atoms with van der Waals surface area (Å²) in [6, 6.07) is 0. The highest BCUT2D eigenvalue weighted by molar-refractivity contribution is 7.98. The molecular weight excluding hydrogens is 326 g/mol. The largest absolute Gasteiger partial charge is 0.356 e. The standard InChI is InChI=1S/C17H29N3O3S/c1-24-12-3-8-18-17(23)14-6-7-16(22)20(13-14)11-4-10-19-9-2-5-15(19)21/h14H,2-13H2,1H3,(H,18,23)/t14-/m1/s1. The summed E-state index contributed by atoms with van der Waals surface area (Å²) in [5, 5.41) is 2.99.